The summed E-state index contributed by atoms with van der Waals surface area (Å²) in [5, 5.41) is 15.7. The molecule has 2 aromatic rings. The molecule has 2 aliphatic rings. The van der Waals surface area contributed by atoms with Crippen LogP contribution in [0.3, 0.4) is 0 Å². The average molecular weight is 242 g/mol. The van der Waals surface area contributed by atoms with Gasteiger partial charge in [0.15, 0.2) is 0 Å². The molecule has 1 aromatic carbocycles. The third kappa shape index (κ3) is 1.51. The van der Waals surface area contributed by atoms with Crippen LogP contribution in [0.2, 0.25) is 0 Å². The second-order valence-electron chi connectivity index (χ2n) is 5.86. The number of rotatable bonds is 1. The van der Waals surface area contributed by atoms with Gasteiger partial charge in [0.25, 0.3) is 0 Å². The molecule has 4 rings (SSSR count). The van der Waals surface area contributed by atoms with Gasteiger partial charge in [-0.2, -0.15) is 0 Å². The molecule has 0 saturated carbocycles. The smallest absolute Gasteiger partial charge is 0.0926 e. The summed E-state index contributed by atoms with van der Waals surface area (Å²) in [5.74, 6) is 0. The van der Waals surface area contributed by atoms with Gasteiger partial charge >= 0.3 is 0 Å². The number of H-pyrrole nitrogens is 1. The Kier molecular flexibility index (Phi) is 2.11. The van der Waals surface area contributed by atoms with E-state index in [0.29, 0.717) is 12.1 Å². The SMILES string of the molecule is OC1(c2ccc3[nH]ccc3c2)CC2CCC(C1)N2. The van der Waals surface area contributed by atoms with Crippen LogP contribution in [0.5, 0.6) is 0 Å². The molecule has 18 heavy (non-hydrogen) atoms. The van der Waals surface area contributed by atoms with E-state index in [2.05, 4.69) is 34.6 Å². The Hall–Kier alpha value is -1.32. The first-order valence-electron chi connectivity index (χ1n) is 6.79. The molecule has 3 heteroatoms. The number of hydrogen-bond donors (Lipinski definition) is 3. The normalized spacial score (nSPS) is 35.2. The highest BCUT2D eigenvalue weighted by atomic mass is 16.3. The summed E-state index contributed by atoms with van der Waals surface area (Å²) >= 11 is 0. The van der Waals surface area contributed by atoms with Crippen LogP contribution < -0.4 is 5.32 Å². The van der Waals surface area contributed by atoms with E-state index >= 15 is 0 Å². The number of fused-ring (bicyclic) bond motifs is 3. The van der Waals surface area contributed by atoms with E-state index in [4.69, 9.17) is 0 Å². The van der Waals surface area contributed by atoms with Gasteiger partial charge in [-0.15, -0.1) is 0 Å². The molecule has 0 radical (unpaired) electrons. The highest BCUT2D eigenvalue weighted by Crippen LogP contribution is 2.41. The largest absolute Gasteiger partial charge is 0.385 e. The van der Waals surface area contributed by atoms with E-state index in [1.807, 2.05) is 6.20 Å². The van der Waals surface area contributed by atoms with E-state index in [1.165, 1.54) is 18.2 Å². The summed E-state index contributed by atoms with van der Waals surface area (Å²) < 4.78 is 0. The molecule has 1 aromatic heterocycles. The molecule has 2 unspecified atom stereocenters. The number of piperidine rings is 1. The van der Waals surface area contributed by atoms with Crippen LogP contribution in [-0.2, 0) is 5.60 Å². The number of aromatic nitrogens is 1. The highest BCUT2D eigenvalue weighted by Gasteiger charge is 2.43. The number of aromatic amines is 1. The van der Waals surface area contributed by atoms with Gasteiger partial charge in [0, 0.05) is 23.8 Å². The van der Waals surface area contributed by atoms with Crippen molar-refractivity contribution in [2.24, 2.45) is 0 Å². The zero-order chi connectivity index (χ0) is 12.2. The van der Waals surface area contributed by atoms with Crippen LogP contribution >= 0.6 is 0 Å². The van der Waals surface area contributed by atoms with Crippen molar-refractivity contribution in [1.29, 1.82) is 0 Å². The quantitative estimate of drug-likeness (QED) is 0.718. The lowest BCUT2D eigenvalue weighted by molar-refractivity contribution is -0.0113. The van der Waals surface area contributed by atoms with Gasteiger partial charge in [0.05, 0.1) is 5.60 Å². The van der Waals surface area contributed by atoms with Crippen molar-refractivity contribution in [2.75, 3.05) is 0 Å². The lowest BCUT2D eigenvalue weighted by Crippen LogP contribution is -2.46. The lowest BCUT2D eigenvalue weighted by Gasteiger charge is -2.37. The van der Waals surface area contributed by atoms with Crippen LogP contribution in [0.4, 0.5) is 0 Å². The molecule has 2 fully saturated rings. The van der Waals surface area contributed by atoms with Gasteiger partial charge in [-0.1, -0.05) is 6.07 Å². The summed E-state index contributed by atoms with van der Waals surface area (Å²) in [6.45, 7) is 0. The molecule has 3 heterocycles. The van der Waals surface area contributed by atoms with Crippen molar-refractivity contribution >= 4 is 10.9 Å². The minimum atomic E-state index is -0.636. The molecule has 0 amide bonds. The third-order valence-electron chi connectivity index (χ3n) is 4.59. The second kappa shape index (κ2) is 3.59. The molecule has 2 saturated heterocycles. The minimum absolute atomic E-state index is 0.496. The standard InChI is InChI=1S/C15H18N2O/c18-15(8-12-2-3-13(9-15)17-12)11-1-4-14-10(7-11)5-6-16-14/h1,4-7,12-13,16-18H,2-3,8-9H2. The number of benzene rings is 1. The first-order valence-corrected chi connectivity index (χ1v) is 6.79. The van der Waals surface area contributed by atoms with E-state index in [9.17, 15) is 5.11 Å². The molecule has 0 aliphatic carbocycles. The number of nitrogens with one attached hydrogen (secondary N) is 2. The Morgan fingerprint density at radius 1 is 1.11 bits per heavy atom. The molecule has 2 aliphatic heterocycles. The van der Waals surface area contributed by atoms with Gasteiger partial charge in [-0.05, 0) is 54.8 Å². The van der Waals surface area contributed by atoms with Gasteiger partial charge in [0.2, 0.25) is 0 Å². The fourth-order valence-corrected chi connectivity index (χ4v) is 3.70. The van der Waals surface area contributed by atoms with E-state index in [-0.39, 0.29) is 0 Å². The van der Waals surface area contributed by atoms with E-state index in [0.717, 1.165) is 23.9 Å². The van der Waals surface area contributed by atoms with Crippen LogP contribution in [0.25, 0.3) is 10.9 Å². The molecular formula is C15H18N2O. The van der Waals surface area contributed by atoms with Gasteiger partial charge in [-0.25, -0.2) is 0 Å². The van der Waals surface area contributed by atoms with Crippen molar-refractivity contribution in [3.05, 3.63) is 36.0 Å². The van der Waals surface area contributed by atoms with Gasteiger partial charge in [-0.3, -0.25) is 0 Å². The first-order chi connectivity index (χ1) is 8.73. The lowest BCUT2D eigenvalue weighted by atomic mass is 9.81. The number of hydrogen-bond acceptors (Lipinski definition) is 2. The summed E-state index contributed by atoms with van der Waals surface area (Å²) in [5.41, 5.74) is 1.58. The van der Waals surface area contributed by atoms with Crippen molar-refractivity contribution in [1.82, 2.24) is 10.3 Å². The second-order valence-corrected chi connectivity index (χ2v) is 5.86. The maximum absolute atomic E-state index is 11.0. The van der Waals surface area contributed by atoms with Gasteiger partial charge in [0.1, 0.15) is 0 Å². The molecular weight excluding hydrogens is 224 g/mol. The van der Waals surface area contributed by atoms with E-state index < -0.39 is 5.60 Å². The van der Waals surface area contributed by atoms with Crippen molar-refractivity contribution in [2.45, 2.75) is 43.4 Å². The maximum Gasteiger partial charge on any atom is 0.0926 e. The highest BCUT2D eigenvalue weighted by molar-refractivity contribution is 5.80. The predicted octanol–water partition coefficient (Wildman–Crippen LogP) is 2.27. The fourth-order valence-electron chi connectivity index (χ4n) is 3.70. The van der Waals surface area contributed by atoms with Crippen LogP contribution in [-0.4, -0.2) is 22.2 Å². The van der Waals surface area contributed by atoms with Crippen molar-refractivity contribution in [3.63, 3.8) is 0 Å². The molecule has 94 valence electrons. The molecule has 3 N–H and O–H groups in total. The zero-order valence-corrected chi connectivity index (χ0v) is 10.3. The minimum Gasteiger partial charge on any atom is -0.385 e. The summed E-state index contributed by atoms with van der Waals surface area (Å²) in [6, 6.07) is 9.34. The van der Waals surface area contributed by atoms with Crippen LogP contribution in [0.1, 0.15) is 31.2 Å². The molecule has 2 bridgehead atoms. The van der Waals surface area contributed by atoms with Gasteiger partial charge < -0.3 is 15.4 Å². The topological polar surface area (TPSA) is 48.0 Å². The van der Waals surface area contributed by atoms with Crippen molar-refractivity contribution < 1.29 is 5.11 Å². The van der Waals surface area contributed by atoms with Crippen molar-refractivity contribution in [3.8, 4) is 0 Å². The molecule has 3 nitrogen and oxygen atoms in total. The maximum atomic E-state index is 11.0. The zero-order valence-electron chi connectivity index (χ0n) is 10.3. The average Bonchev–Trinajstić information content (AvgIpc) is 2.95. The molecule has 2 atom stereocenters. The first kappa shape index (κ1) is 10.6. The monoisotopic (exact) mass is 242 g/mol. The van der Waals surface area contributed by atoms with Crippen LogP contribution in [0, 0.1) is 0 Å². The van der Waals surface area contributed by atoms with Crippen LogP contribution in [0.15, 0.2) is 30.5 Å². The summed E-state index contributed by atoms with van der Waals surface area (Å²) in [4.78, 5) is 3.20. The number of aliphatic hydroxyl groups is 1. The Bertz CT molecular complexity index is 577. The molecule has 0 spiro atoms. The summed E-state index contributed by atoms with van der Waals surface area (Å²) in [7, 11) is 0. The Labute approximate surface area is 106 Å². The van der Waals surface area contributed by atoms with E-state index in [1.54, 1.807) is 0 Å². The Morgan fingerprint density at radius 2 is 1.89 bits per heavy atom. The fraction of sp³-hybridized carbons (Fsp3) is 0.467. The third-order valence-corrected chi connectivity index (χ3v) is 4.59. The predicted molar refractivity (Wildman–Crippen MR) is 71.4 cm³/mol. The Balaban J connectivity index is 1.76. The Morgan fingerprint density at radius 3 is 2.67 bits per heavy atom. The summed E-state index contributed by atoms with van der Waals surface area (Å²) in [6.07, 6.45) is 6.06.